The number of ether oxygens (including phenoxy) is 1. The maximum absolute atomic E-state index is 11.0. The first-order valence-corrected chi connectivity index (χ1v) is 5.71. The van der Waals surface area contributed by atoms with Crippen LogP contribution in [-0.4, -0.2) is 24.1 Å². The Labute approximate surface area is 94.5 Å². The Morgan fingerprint density at radius 2 is 2.25 bits per heavy atom. The van der Waals surface area contributed by atoms with Crippen LogP contribution >= 0.6 is 11.5 Å². The van der Waals surface area contributed by atoms with Gasteiger partial charge in [-0.25, -0.2) is 4.79 Å². The van der Waals surface area contributed by atoms with Gasteiger partial charge in [0.15, 0.2) is 5.75 Å². The van der Waals surface area contributed by atoms with Gasteiger partial charge in [-0.3, -0.25) is 0 Å². The minimum atomic E-state index is -2.82. The fourth-order valence-corrected chi connectivity index (χ4v) is 1.81. The second-order valence-electron chi connectivity index (χ2n) is 2.55. The zero-order valence-corrected chi connectivity index (χ0v) is 9.16. The lowest BCUT2D eigenvalue weighted by molar-refractivity contribution is 0.212. The minimum Gasteiger partial charge on any atom is -0.406 e. The second kappa shape index (κ2) is 4.33. The molecule has 0 unspecified atom stereocenters. The van der Waals surface area contributed by atoms with E-state index in [1.807, 2.05) is 0 Å². The molecule has 0 bridgehead atoms. The molecular formula is C7H3N3O4S2. The molecule has 9 heteroatoms. The molecule has 16 heavy (non-hydrogen) atoms. The van der Waals surface area contributed by atoms with Crippen LogP contribution in [0.25, 0.3) is 10.2 Å². The topological polar surface area (TPSA) is 98.6 Å². The standard InChI is InChI=1S/C7H3N3O4S2/c11-7(9-16(12)13)14-5-3-1-2-4-6(5)15-10-8-4/h1-3H. The summed E-state index contributed by atoms with van der Waals surface area (Å²) in [6.45, 7) is 0. The summed E-state index contributed by atoms with van der Waals surface area (Å²) in [5, 5.41) is 3.77. The number of carbonyl (C=O) groups excluding carboxylic acids is 1. The smallest absolute Gasteiger partial charge is 0.406 e. The number of benzene rings is 1. The van der Waals surface area contributed by atoms with E-state index in [2.05, 4.69) is 13.9 Å². The lowest BCUT2D eigenvalue weighted by Crippen LogP contribution is -2.01. The van der Waals surface area contributed by atoms with Gasteiger partial charge in [-0.2, -0.15) is 8.42 Å². The fraction of sp³-hybridized carbons (Fsp3) is 0. The van der Waals surface area contributed by atoms with Crippen molar-refractivity contribution in [2.75, 3.05) is 0 Å². The van der Waals surface area contributed by atoms with Gasteiger partial charge in [-0.1, -0.05) is 14.9 Å². The Morgan fingerprint density at radius 1 is 1.44 bits per heavy atom. The zero-order valence-electron chi connectivity index (χ0n) is 7.52. The summed E-state index contributed by atoms with van der Waals surface area (Å²) in [4.78, 5) is 11.0. The monoisotopic (exact) mass is 257 g/mol. The van der Waals surface area contributed by atoms with Gasteiger partial charge in [-0.15, -0.1) is 5.10 Å². The van der Waals surface area contributed by atoms with Gasteiger partial charge in [0.2, 0.25) is 0 Å². The van der Waals surface area contributed by atoms with E-state index >= 15 is 0 Å². The molecule has 0 radical (unpaired) electrons. The Bertz CT molecular complexity index is 668. The van der Waals surface area contributed by atoms with E-state index in [1.54, 1.807) is 12.1 Å². The summed E-state index contributed by atoms with van der Waals surface area (Å²) in [5.41, 5.74) is 0.568. The number of hydrogen-bond acceptors (Lipinski definition) is 7. The van der Waals surface area contributed by atoms with Crippen LogP contribution in [0.2, 0.25) is 0 Å². The summed E-state index contributed by atoms with van der Waals surface area (Å²) in [7, 11) is -2.82. The van der Waals surface area contributed by atoms with Crippen molar-refractivity contribution in [2.45, 2.75) is 0 Å². The minimum absolute atomic E-state index is 0.187. The largest absolute Gasteiger partial charge is 0.454 e. The van der Waals surface area contributed by atoms with Gasteiger partial charge >= 0.3 is 16.6 Å². The van der Waals surface area contributed by atoms with E-state index in [0.29, 0.717) is 10.2 Å². The van der Waals surface area contributed by atoms with Gasteiger partial charge in [-0.05, 0) is 23.7 Å². The quantitative estimate of drug-likeness (QED) is 0.762. The number of hydrogen-bond donors (Lipinski definition) is 0. The average molecular weight is 257 g/mol. The molecule has 0 saturated heterocycles. The molecule has 1 heterocycles. The van der Waals surface area contributed by atoms with Crippen molar-refractivity contribution < 1.29 is 17.9 Å². The van der Waals surface area contributed by atoms with Gasteiger partial charge in [0, 0.05) is 0 Å². The van der Waals surface area contributed by atoms with Gasteiger partial charge in [0.25, 0.3) is 0 Å². The van der Waals surface area contributed by atoms with Crippen LogP contribution in [0.15, 0.2) is 22.6 Å². The third-order valence-corrected chi connectivity index (χ3v) is 2.64. The van der Waals surface area contributed by atoms with E-state index in [0.717, 1.165) is 11.5 Å². The molecule has 0 aliphatic heterocycles. The van der Waals surface area contributed by atoms with Crippen molar-refractivity contribution in [3.05, 3.63) is 18.2 Å². The van der Waals surface area contributed by atoms with Gasteiger partial charge < -0.3 is 4.74 Å². The molecule has 0 fully saturated rings. The van der Waals surface area contributed by atoms with Crippen molar-refractivity contribution in [1.29, 1.82) is 0 Å². The molecule has 0 atom stereocenters. The van der Waals surface area contributed by atoms with Crippen molar-refractivity contribution in [2.24, 2.45) is 4.36 Å². The Kier molecular flexibility index (Phi) is 2.88. The summed E-state index contributed by atoms with van der Waals surface area (Å²) in [6.07, 6.45) is -1.20. The Morgan fingerprint density at radius 3 is 3.00 bits per heavy atom. The molecule has 0 aliphatic rings. The molecule has 1 aromatic carbocycles. The third kappa shape index (κ3) is 2.20. The number of carbonyl (C=O) groups is 1. The molecule has 7 nitrogen and oxygen atoms in total. The Balaban J connectivity index is 2.38. The van der Waals surface area contributed by atoms with Gasteiger partial charge in [0.05, 0.1) is 0 Å². The van der Waals surface area contributed by atoms with E-state index < -0.39 is 16.6 Å². The molecule has 2 rings (SSSR count). The second-order valence-corrected chi connectivity index (χ2v) is 3.92. The first-order chi connectivity index (χ1) is 7.66. The lowest BCUT2D eigenvalue weighted by atomic mass is 10.3. The summed E-state index contributed by atoms with van der Waals surface area (Å²) < 4.78 is 31.9. The highest BCUT2D eigenvalue weighted by molar-refractivity contribution is 7.62. The summed E-state index contributed by atoms with van der Waals surface area (Å²) >= 11 is 1.04. The van der Waals surface area contributed by atoms with Crippen molar-refractivity contribution in [3.8, 4) is 5.75 Å². The van der Waals surface area contributed by atoms with Crippen molar-refractivity contribution in [1.82, 2.24) is 9.59 Å². The van der Waals surface area contributed by atoms with Crippen LogP contribution in [0.5, 0.6) is 5.75 Å². The van der Waals surface area contributed by atoms with Gasteiger partial charge in [0.1, 0.15) is 10.2 Å². The highest BCUT2D eigenvalue weighted by atomic mass is 32.2. The zero-order chi connectivity index (χ0) is 11.5. The molecule has 1 aromatic heterocycles. The van der Waals surface area contributed by atoms with E-state index in [-0.39, 0.29) is 5.75 Å². The Hall–Kier alpha value is -1.87. The average Bonchev–Trinajstić information content (AvgIpc) is 2.65. The molecule has 1 amide bonds. The predicted molar refractivity (Wildman–Crippen MR) is 54.8 cm³/mol. The number of rotatable bonds is 1. The van der Waals surface area contributed by atoms with Crippen LogP contribution in [-0.2, 0) is 10.5 Å². The third-order valence-electron chi connectivity index (χ3n) is 1.59. The molecular weight excluding hydrogens is 254 g/mol. The number of amides is 1. The lowest BCUT2D eigenvalue weighted by Gasteiger charge is -1.98. The fourth-order valence-electron chi connectivity index (χ4n) is 1.03. The van der Waals surface area contributed by atoms with Crippen molar-refractivity contribution >= 4 is 38.3 Å². The summed E-state index contributed by atoms with van der Waals surface area (Å²) in [5.74, 6) is 0.187. The maximum atomic E-state index is 11.0. The van der Waals surface area contributed by atoms with E-state index in [1.165, 1.54) is 6.07 Å². The molecule has 0 aliphatic carbocycles. The molecule has 0 saturated carbocycles. The molecule has 0 N–H and O–H groups in total. The normalized spacial score (nSPS) is 10.0. The maximum Gasteiger partial charge on any atom is 0.454 e. The summed E-state index contributed by atoms with van der Waals surface area (Å²) in [6, 6.07) is 4.81. The van der Waals surface area contributed by atoms with Crippen LogP contribution in [0.4, 0.5) is 4.79 Å². The molecule has 82 valence electrons. The number of aromatic nitrogens is 2. The highest BCUT2D eigenvalue weighted by Gasteiger charge is 2.09. The highest BCUT2D eigenvalue weighted by Crippen LogP contribution is 2.27. The first-order valence-electron chi connectivity index (χ1n) is 3.91. The predicted octanol–water partition coefficient (Wildman–Crippen LogP) is 1.25. The molecule has 0 spiro atoms. The van der Waals surface area contributed by atoms with E-state index in [4.69, 9.17) is 4.74 Å². The van der Waals surface area contributed by atoms with Crippen molar-refractivity contribution in [3.63, 3.8) is 0 Å². The van der Waals surface area contributed by atoms with E-state index in [9.17, 15) is 13.2 Å². The first kappa shape index (κ1) is 10.6. The van der Waals surface area contributed by atoms with Crippen LogP contribution in [0.1, 0.15) is 0 Å². The number of nitrogens with zero attached hydrogens (tertiary/aromatic N) is 3. The van der Waals surface area contributed by atoms with Crippen LogP contribution in [0.3, 0.4) is 0 Å². The van der Waals surface area contributed by atoms with Crippen LogP contribution < -0.4 is 4.74 Å². The number of fused-ring (bicyclic) bond motifs is 1. The van der Waals surface area contributed by atoms with Crippen LogP contribution in [0, 0.1) is 0 Å². The molecule has 2 aromatic rings. The SMILES string of the molecule is O=C(N=S(=O)=O)Oc1cccc2nnsc12.